The Hall–Kier alpha value is -1.59. The van der Waals surface area contributed by atoms with Crippen molar-refractivity contribution in [2.45, 2.75) is 39.5 Å². The predicted molar refractivity (Wildman–Crippen MR) is 72.6 cm³/mol. The molecular formula is C13H22N4O2. The van der Waals surface area contributed by atoms with E-state index in [0.29, 0.717) is 37.1 Å². The van der Waals surface area contributed by atoms with Gasteiger partial charge in [-0.3, -0.25) is 0 Å². The summed E-state index contributed by atoms with van der Waals surface area (Å²) in [7, 11) is 0. The summed E-state index contributed by atoms with van der Waals surface area (Å²) in [4.78, 5) is 12.5. The van der Waals surface area contributed by atoms with Gasteiger partial charge in [0.05, 0.1) is 13.2 Å². The lowest BCUT2D eigenvalue weighted by Crippen LogP contribution is -2.13. The minimum atomic E-state index is 0.315. The molecule has 0 spiro atoms. The first-order chi connectivity index (χ1) is 9.31. The summed E-state index contributed by atoms with van der Waals surface area (Å²) in [5, 5.41) is 3.05. The van der Waals surface area contributed by atoms with Crippen LogP contribution in [-0.4, -0.2) is 34.7 Å². The smallest absolute Gasteiger partial charge is 0.324 e. The topological polar surface area (TPSA) is 69.2 Å². The van der Waals surface area contributed by atoms with E-state index in [1.165, 1.54) is 25.7 Å². The van der Waals surface area contributed by atoms with Gasteiger partial charge >= 0.3 is 12.0 Å². The summed E-state index contributed by atoms with van der Waals surface area (Å²) in [6.07, 6.45) is 5.09. The number of nitrogens with zero attached hydrogens (tertiary/aromatic N) is 3. The van der Waals surface area contributed by atoms with Crippen LogP contribution in [0.2, 0.25) is 0 Å². The standard InChI is InChI=1S/C13H22N4O2/c1-3-14-11-15-12(18-4-2)17-13(16-11)19-9-10-7-5-6-8-10/h10H,3-9H2,1-2H3,(H,14,15,16,17). The zero-order valence-electron chi connectivity index (χ0n) is 11.7. The zero-order chi connectivity index (χ0) is 13.5. The van der Waals surface area contributed by atoms with Crippen LogP contribution in [0.5, 0.6) is 12.0 Å². The molecule has 1 saturated carbocycles. The molecule has 0 unspecified atom stereocenters. The number of rotatable bonds is 7. The molecule has 0 bridgehead atoms. The molecule has 1 aromatic heterocycles. The number of hydrogen-bond donors (Lipinski definition) is 1. The Morgan fingerprint density at radius 2 is 1.74 bits per heavy atom. The molecule has 1 fully saturated rings. The molecular weight excluding hydrogens is 244 g/mol. The third-order valence-electron chi connectivity index (χ3n) is 3.13. The van der Waals surface area contributed by atoms with Gasteiger partial charge in [-0.15, -0.1) is 4.98 Å². The van der Waals surface area contributed by atoms with E-state index in [-0.39, 0.29) is 0 Å². The summed E-state index contributed by atoms with van der Waals surface area (Å²) in [6, 6.07) is 0.663. The van der Waals surface area contributed by atoms with Gasteiger partial charge in [0.2, 0.25) is 5.95 Å². The van der Waals surface area contributed by atoms with Crippen LogP contribution in [0, 0.1) is 5.92 Å². The van der Waals surface area contributed by atoms with Gasteiger partial charge in [-0.25, -0.2) is 0 Å². The quantitative estimate of drug-likeness (QED) is 0.816. The monoisotopic (exact) mass is 266 g/mol. The lowest BCUT2D eigenvalue weighted by atomic mass is 10.1. The highest BCUT2D eigenvalue weighted by atomic mass is 16.5. The fourth-order valence-corrected chi connectivity index (χ4v) is 2.20. The first-order valence-corrected chi connectivity index (χ1v) is 7.07. The molecule has 0 saturated heterocycles. The predicted octanol–water partition coefficient (Wildman–Crippen LogP) is 2.27. The third-order valence-corrected chi connectivity index (χ3v) is 3.13. The van der Waals surface area contributed by atoms with Crippen molar-refractivity contribution in [3.05, 3.63) is 0 Å². The average Bonchev–Trinajstić information content (AvgIpc) is 2.90. The number of aromatic nitrogens is 3. The van der Waals surface area contributed by atoms with Crippen LogP contribution in [0.15, 0.2) is 0 Å². The first kappa shape index (κ1) is 13.8. The molecule has 1 heterocycles. The van der Waals surface area contributed by atoms with Crippen LogP contribution in [0.25, 0.3) is 0 Å². The van der Waals surface area contributed by atoms with Crippen LogP contribution in [0.1, 0.15) is 39.5 Å². The molecule has 1 aromatic rings. The van der Waals surface area contributed by atoms with E-state index >= 15 is 0 Å². The third kappa shape index (κ3) is 4.22. The number of hydrogen-bond acceptors (Lipinski definition) is 6. The van der Waals surface area contributed by atoms with Gasteiger partial charge < -0.3 is 14.8 Å². The normalized spacial score (nSPS) is 15.5. The molecule has 0 amide bonds. The largest absolute Gasteiger partial charge is 0.464 e. The summed E-state index contributed by atoms with van der Waals surface area (Å²) >= 11 is 0. The fourth-order valence-electron chi connectivity index (χ4n) is 2.20. The average molecular weight is 266 g/mol. The SMILES string of the molecule is CCNc1nc(OCC)nc(OCC2CCCC2)n1. The molecule has 0 radical (unpaired) electrons. The van der Waals surface area contributed by atoms with Crippen molar-refractivity contribution in [2.75, 3.05) is 25.1 Å². The molecule has 0 aliphatic heterocycles. The highest BCUT2D eigenvalue weighted by Crippen LogP contribution is 2.25. The van der Waals surface area contributed by atoms with Crippen molar-refractivity contribution in [1.29, 1.82) is 0 Å². The van der Waals surface area contributed by atoms with E-state index < -0.39 is 0 Å². The molecule has 0 aromatic carbocycles. The van der Waals surface area contributed by atoms with Gasteiger partial charge in [0.1, 0.15) is 0 Å². The van der Waals surface area contributed by atoms with Crippen molar-refractivity contribution in [2.24, 2.45) is 5.92 Å². The maximum Gasteiger partial charge on any atom is 0.324 e. The van der Waals surface area contributed by atoms with E-state index in [2.05, 4.69) is 20.3 Å². The Bertz CT molecular complexity index is 370. The van der Waals surface area contributed by atoms with Gasteiger partial charge in [0.15, 0.2) is 0 Å². The van der Waals surface area contributed by atoms with E-state index in [0.717, 1.165) is 6.54 Å². The van der Waals surface area contributed by atoms with Crippen molar-refractivity contribution in [3.8, 4) is 12.0 Å². The Morgan fingerprint density at radius 3 is 2.37 bits per heavy atom. The highest BCUT2D eigenvalue weighted by molar-refractivity contribution is 5.27. The molecule has 19 heavy (non-hydrogen) atoms. The minimum Gasteiger partial charge on any atom is -0.464 e. The van der Waals surface area contributed by atoms with Gasteiger partial charge in [-0.05, 0) is 32.6 Å². The second-order valence-electron chi connectivity index (χ2n) is 4.65. The maximum absolute atomic E-state index is 5.68. The van der Waals surface area contributed by atoms with Crippen LogP contribution >= 0.6 is 0 Å². The second-order valence-corrected chi connectivity index (χ2v) is 4.65. The lowest BCUT2D eigenvalue weighted by molar-refractivity contribution is 0.226. The molecule has 1 aliphatic carbocycles. The summed E-state index contributed by atoms with van der Waals surface area (Å²) < 4.78 is 11.0. The van der Waals surface area contributed by atoms with E-state index in [1.54, 1.807) is 0 Å². The second kappa shape index (κ2) is 7.11. The highest BCUT2D eigenvalue weighted by Gasteiger charge is 2.17. The summed E-state index contributed by atoms with van der Waals surface area (Å²) in [6.45, 7) is 5.84. The number of nitrogens with one attached hydrogen (secondary N) is 1. The molecule has 1 aliphatic rings. The van der Waals surface area contributed by atoms with Crippen molar-refractivity contribution < 1.29 is 9.47 Å². The zero-order valence-corrected chi connectivity index (χ0v) is 11.7. The minimum absolute atomic E-state index is 0.315. The molecule has 2 rings (SSSR count). The van der Waals surface area contributed by atoms with Gasteiger partial charge in [-0.2, -0.15) is 9.97 Å². The Balaban J connectivity index is 1.99. The lowest BCUT2D eigenvalue weighted by Gasteiger charge is -2.11. The van der Waals surface area contributed by atoms with Crippen molar-refractivity contribution in [1.82, 2.24) is 15.0 Å². The maximum atomic E-state index is 5.68. The first-order valence-electron chi connectivity index (χ1n) is 7.07. The van der Waals surface area contributed by atoms with Crippen molar-refractivity contribution >= 4 is 5.95 Å². The molecule has 6 nitrogen and oxygen atoms in total. The number of ether oxygens (including phenoxy) is 2. The van der Waals surface area contributed by atoms with Gasteiger partial charge in [0.25, 0.3) is 0 Å². The number of anilines is 1. The van der Waals surface area contributed by atoms with Crippen molar-refractivity contribution in [3.63, 3.8) is 0 Å². The fraction of sp³-hybridized carbons (Fsp3) is 0.769. The molecule has 1 N–H and O–H groups in total. The molecule has 106 valence electrons. The van der Waals surface area contributed by atoms with Crippen LogP contribution in [0.3, 0.4) is 0 Å². The van der Waals surface area contributed by atoms with Gasteiger partial charge in [0, 0.05) is 6.54 Å². The Kier molecular flexibility index (Phi) is 5.18. The van der Waals surface area contributed by atoms with E-state index in [1.807, 2.05) is 13.8 Å². The van der Waals surface area contributed by atoms with Gasteiger partial charge in [-0.1, -0.05) is 12.8 Å². The molecule has 6 heteroatoms. The molecule has 0 atom stereocenters. The van der Waals surface area contributed by atoms with Crippen LogP contribution in [0.4, 0.5) is 5.95 Å². The summed E-state index contributed by atoms with van der Waals surface area (Å²) in [5.74, 6) is 1.14. The van der Waals surface area contributed by atoms with Crippen LogP contribution in [-0.2, 0) is 0 Å². The van der Waals surface area contributed by atoms with E-state index in [4.69, 9.17) is 9.47 Å². The Morgan fingerprint density at radius 1 is 1.05 bits per heavy atom. The summed E-state index contributed by atoms with van der Waals surface area (Å²) in [5.41, 5.74) is 0. The van der Waals surface area contributed by atoms with Crippen LogP contribution < -0.4 is 14.8 Å². The van der Waals surface area contributed by atoms with E-state index in [9.17, 15) is 0 Å². The Labute approximate surface area is 114 Å².